The summed E-state index contributed by atoms with van der Waals surface area (Å²) >= 11 is 0. The Morgan fingerprint density at radius 2 is 2.05 bits per heavy atom. The third kappa shape index (κ3) is 6.07. The minimum atomic E-state index is -0.734. The summed E-state index contributed by atoms with van der Waals surface area (Å²) in [4.78, 5) is 15.3. The van der Waals surface area contributed by atoms with E-state index in [2.05, 4.69) is 5.32 Å². The van der Waals surface area contributed by atoms with Crippen LogP contribution in [0.4, 0.5) is 4.79 Å². The first-order valence-corrected chi connectivity index (χ1v) is 7.36. The molecule has 0 radical (unpaired) electrons. The van der Waals surface area contributed by atoms with Crippen LogP contribution in [0.15, 0.2) is 0 Å². The van der Waals surface area contributed by atoms with Gasteiger partial charge in [0.25, 0.3) is 0 Å². The van der Waals surface area contributed by atoms with E-state index in [1.165, 1.54) is 0 Å². The molecule has 0 saturated carbocycles. The Bertz CT molecular complexity index is 300. The number of likely N-dealkylation sites (tertiary alicyclic amines) is 1. The first kappa shape index (κ1) is 17.2. The van der Waals surface area contributed by atoms with E-state index in [4.69, 9.17) is 4.74 Å². The van der Waals surface area contributed by atoms with Crippen molar-refractivity contribution in [3.8, 4) is 0 Å². The Balaban J connectivity index is 2.27. The zero-order chi connectivity index (χ0) is 15.2. The number of likely N-dealkylation sites (N-methyl/N-ethyl adjacent to an activating group) is 1. The standard InChI is InChI=1S/C14H29N3O3/c1-5-20-13(18)17-8-6-12(7-9-17)15-10-14(2,19)11-16(3)4/h12,15,19H,5-11H2,1-4H3. The molecular weight excluding hydrogens is 258 g/mol. The van der Waals surface area contributed by atoms with Gasteiger partial charge in [-0.3, -0.25) is 0 Å². The van der Waals surface area contributed by atoms with Gasteiger partial charge in [0, 0.05) is 32.2 Å². The molecule has 0 aromatic rings. The lowest BCUT2D eigenvalue weighted by molar-refractivity contribution is 0.0283. The molecule has 6 heteroatoms. The molecule has 1 rings (SSSR count). The highest BCUT2D eigenvalue weighted by Crippen LogP contribution is 2.13. The minimum absolute atomic E-state index is 0.217. The predicted octanol–water partition coefficient (Wildman–Crippen LogP) is 0.510. The summed E-state index contributed by atoms with van der Waals surface area (Å²) in [6, 6.07) is 0.356. The van der Waals surface area contributed by atoms with Crippen molar-refractivity contribution >= 4 is 6.09 Å². The Kier molecular flexibility index (Phi) is 6.71. The Hall–Kier alpha value is -0.850. The number of carbonyl (C=O) groups excluding carboxylic acids is 1. The second kappa shape index (κ2) is 7.81. The molecule has 0 aliphatic carbocycles. The average Bonchev–Trinajstić information content (AvgIpc) is 2.36. The fraction of sp³-hybridized carbons (Fsp3) is 0.929. The van der Waals surface area contributed by atoms with E-state index >= 15 is 0 Å². The molecular formula is C14H29N3O3. The highest BCUT2D eigenvalue weighted by Gasteiger charge is 2.26. The van der Waals surface area contributed by atoms with Gasteiger partial charge in [-0.2, -0.15) is 0 Å². The maximum absolute atomic E-state index is 11.6. The van der Waals surface area contributed by atoms with Gasteiger partial charge in [0.15, 0.2) is 0 Å². The van der Waals surface area contributed by atoms with E-state index in [1.807, 2.05) is 32.8 Å². The van der Waals surface area contributed by atoms with Crippen LogP contribution in [0, 0.1) is 0 Å². The van der Waals surface area contributed by atoms with Gasteiger partial charge in [-0.15, -0.1) is 0 Å². The smallest absolute Gasteiger partial charge is 0.409 e. The number of hydrogen-bond acceptors (Lipinski definition) is 5. The van der Waals surface area contributed by atoms with Crippen molar-refractivity contribution in [1.82, 2.24) is 15.1 Å². The molecule has 0 bridgehead atoms. The third-order valence-electron chi connectivity index (χ3n) is 3.45. The molecule has 1 aliphatic heterocycles. The molecule has 0 aromatic carbocycles. The van der Waals surface area contributed by atoms with Crippen molar-refractivity contribution in [2.75, 3.05) is 46.9 Å². The fourth-order valence-corrected chi connectivity index (χ4v) is 2.58. The number of piperidine rings is 1. The highest BCUT2D eigenvalue weighted by atomic mass is 16.6. The lowest BCUT2D eigenvalue weighted by Crippen LogP contribution is -2.51. The van der Waals surface area contributed by atoms with Crippen LogP contribution < -0.4 is 5.32 Å². The number of nitrogens with one attached hydrogen (secondary N) is 1. The van der Waals surface area contributed by atoms with Gasteiger partial charge in [0.2, 0.25) is 0 Å². The zero-order valence-electron chi connectivity index (χ0n) is 13.2. The second-order valence-electron chi connectivity index (χ2n) is 6.08. The molecule has 1 saturated heterocycles. The molecule has 1 unspecified atom stereocenters. The Labute approximate surface area is 122 Å². The van der Waals surface area contributed by atoms with Gasteiger partial charge in [-0.25, -0.2) is 4.79 Å². The van der Waals surface area contributed by atoms with E-state index in [-0.39, 0.29) is 6.09 Å². The van der Waals surface area contributed by atoms with Crippen molar-refractivity contribution in [1.29, 1.82) is 0 Å². The Morgan fingerprint density at radius 3 is 2.55 bits per heavy atom. The van der Waals surface area contributed by atoms with Crippen LogP contribution in [-0.4, -0.2) is 79.5 Å². The number of aliphatic hydroxyl groups is 1. The predicted molar refractivity (Wildman–Crippen MR) is 78.8 cm³/mol. The summed E-state index contributed by atoms with van der Waals surface area (Å²) < 4.78 is 5.00. The number of ether oxygens (including phenoxy) is 1. The average molecular weight is 287 g/mol. The van der Waals surface area contributed by atoms with Crippen LogP contribution in [-0.2, 0) is 4.74 Å². The van der Waals surface area contributed by atoms with Gasteiger partial charge in [-0.1, -0.05) is 0 Å². The molecule has 2 N–H and O–H groups in total. The van der Waals surface area contributed by atoms with Crippen LogP contribution >= 0.6 is 0 Å². The molecule has 1 amide bonds. The van der Waals surface area contributed by atoms with Crippen LogP contribution in [0.1, 0.15) is 26.7 Å². The maximum atomic E-state index is 11.6. The quantitative estimate of drug-likeness (QED) is 0.745. The zero-order valence-corrected chi connectivity index (χ0v) is 13.2. The molecule has 0 spiro atoms. The largest absolute Gasteiger partial charge is 0.450 e. The van der Waals surface area contributed by atoms with Gasteiger partial charge < -0.3 is 25.0 Å². The molecule has 6 nitrogen and oxygen atoms in total. The number of hydrogen-bond donors (Lipinski definition) is 2. The molecule has 1 aliphatic rings. The summed E-state index contributed by atoms with van der Waals surface area (Å²) in [6.07, 6.45) is 1.58. The normalized spacial score (nSPS) is 20.0. The summed E-state index contributed by atoms with van der Waals surface area (Å²) in [5.41, 5.74) is -0.734. The first-order chi connectivity index (χ1) is 9.34. The van der Waals surface area contributed by atoms with E-state index < -0.39 is 5.60 Å². The van der Waals surface area contributed by atoms with E-state index in [9.17, 15) is 9.90 Å². The van der Waals surface area contributed by atoms with Crippen molar-refractivity contribution in [3.05, 3.63) is 0 Å². The SMILES string of the molecule is CCOC(=O)N1CCC(NCC(C)(O)CN(C)C)CC1. The van der Waals surface area contributed by atoms with Gasteiger partial charge in [-0.05, 0) is 40.8 Å². The molecule has 118 valence electrons. The lowest BCUT2D eigenvalue weighted by Gasteiger charge is -2.34. The lowest BCUT2D eigenvalue weighted by atomic mass is 10.0. The first-order valence-electron chi connectivity index (χ1n) is 7.36. The molecule has 1 heterocycles. The number of amides is 1. The van der Waals surface area contributed by atoms with E-state index in [0.29, 0.717) is 38.8 Å². The molecule has 1 atom stereocenters. The third-order valence-corrected chi connectivity index (χ3v) is 3.45. The summed E-state index contributed by atoms with van der Waals surface area (Å²) in [6.45, 7) is 6.70. The molecule has 1 fully saturated rings. The summed E-state index contributed by atoms with van der Waals surface area (Å²) in [5.74, 6) is 0. The van der Waals surface area contributed by atoms with Crippen molar-refractivity contribution in [3.63, 3.8) is 0 Å². The van der Waals surface area contributed by atoms with Crippen molar-refractivity contribution in [2.45, 2.75) is 38.3 Å². The summed E-state index contributed by atoms with van der Waals surface area (Å²) in [5, 5.41) is 13.6. The van der Waals surface area contributed by atoms with E-state index in [1.54, 1.807) is 4.90 Å². The molecule has 0 aromatic heterocycles. The van der Waals surface area contributed by atoms with Crippen LogP contribution in [0.25, 0.3) is 0 Å². The number of rotatable bonds is 6. The number of nitrogens with zero attached hydrogens (tertiary/aromatic N) is 2. The highest BCUT2D eigenvalue weighted by molar-refractivity contribution is 5.67. The van der Waals surface area contributed by atoms with Crippen LogP contribution in [0.2, 0.25) is 0 Å². The van der Waals surface area contributed by atoms with Crippen LogP contribution in [0.5, 0.6) is 0 Å². The van der Waals surface area contributed by atoms with Crippen molar-refractivity contribution < 1.29 is 14.6 Å². The fourth-order valence-electron chi connectivity index (χ4n) is 2.58. The maximum Gasteiger partial charge on any atom is 0.409 e. The monoisotopic (exact) mass is 287 g/mol. The minimum Gasteiger partial charge on any atom is -0.450 e. The van der Waals surface area contributed by atoms with E-state index in [0.717, 1.165) is 12.8 Å². The van der Waals surface area contributed by atoms with Crippen molar-refractivity contribution in [2.24, 2.45) is 0 Å². The Morgan fingerprint density at radius 1 is 1.45 bits per heavy atom. The topological polar surface area (TPSA) is 65.0 Å². The second-order valence-corrected chi connectivity index (χ2v) is 6.08. The van der Waals surface area contributed by atoms with Crippen LogP contribution in [0.3, 0.4) is 0 Å². The van der Waals surface area contributed by atoms with Gasteiger partial charge in [0.05, 0.1) is 12.2 Å². The van der Waals surface area contributed by atoms with Gasteiger partial charge in [0.1, 0.15) is 0 Å². The summed E-state index contributed by atoms with van der Waals surface area (Å²) in [7, 11) is 3.90. The number of carbonyl (C=O) groups is 1. The van der Waals surface area contributed by atoms with Gasteiger partial charge >= 0.3 is 6.09 Å². The molecule has 20 heavy (non-hydrogen) atoms.